The third kappa shape index (κ3) is 3.86. The average molecular weight is 429 g/mol. The Kier molecular flexibility index (Phi) is 5.60. The van der Waals surface area contributed by atoms with Gasteiger partial charge in [-0.2, -0.15) is 0 Å². The monoisotopic (exact) mass is 428 g/mol. The molecule has 1 aliphatic carbocycles. The summed E-state index contributed by atoms with van der Waals surface area (Å²) in [6.45, 7) is 7.64. The van der Waals surface area contributed by atoms with E-state index in [9.17, 15) is 4.79 Å². The Bertz CT molecular complexity index is 1180. The molecule has 0 N–H and O–H groups in total. The van der Waals surface area contributed by atoms with Crippen molar-refractivity contribution in [3.05, 3.63) is 86.8 Å². The smallest absolute Gasteiger partial charge is 0.259 e. The van der Waals surface area contributed by atoms with Crippen LogP contribution in [0.25, 0.3) is 0 Å². The molecule has 5 heteroatoms. The number of aryl methyl sites for hydroxylation is 3. The summed E-state index contributed by atoms with van der Waals surface area (Å²) in [6.07, 6.45) is 5.59. The molecule has 0 spiro atoms. The highest BCUT2D eigenvalue weighted by Crippen LogP contribution is 2.34. The Labute approximate surface area is 190 Å². The lowest BCUT2D eigenvalue weighted by molar-refractivity contribution is 0.138. The quantitative estimate of drug-likeness (QED) is 0.582. The Hall–Kier alpha value is -2.92. The second-order valence-corrected chi connectivity index (χ2v) is 9.40. The van der Waals surface area contributed by atoms with Crippen LogP contribution in [0.1, 0.15) is 53.6 Å². The first-order valence-corrected chi connectivity index (χ1v) is 11.7. The van der Waals surface area contributed by atoms with Gasteiger partial charge >= 0.3 is 0 Å². The Morgan fingerprint density at radius 2 is 1.72 bits per heavy atom. The lowest BCUT2D eigenvalue weighted by Crippen LogP contribution is -2.51. The highest BCUT2D eigenvalue weighted by atomic mass is 16.1. The SMILES string of the molecule is Cc1ccc(N2CN(C3CCCC3)Cn3c2nc(C)c(Cc2ccccc2)c3=O)c(C)c1. The van der Waals surface area contributed by atoms with Crippen LogP contribution in [0.15, 0.2) is 53.3 Å². The topological polar surface area (TPSA) is 41.4 Å². The molecule has 0 unspecified atom stereocenters. The van der Waals surface area contributed by atoms with Gasteiger partial charge in [0.05, 0.1) is 19.0 Å². The predicted molar refractivity (Wildman–Crippen MR) is 129 cm³/mol. The molecule has 1 aromatic heterocycles. The number of hydrogen-bond donors (Lipinski definition) is 0. The van der Waals surface area contributed by atoms with Crippen LogP contribution in [0.5, 0.6) is 0 Å². The van der Waals surface area contributed by atoms with Crippen LogP contribution in [0.3, 0.4) is 0 Å². The molecule has 1 fully saturated rings. The maximum Gasteiger partial charge on any atom is 0.259 e. The zero-order valence-electron chi connectivity index (χ0n) is 19.3. The van der Waals surface area contributed by atoms with Crippen molar-refractivity contribution in [2.45, 2.75) is 65.6 Å². The summed E-state index contributed by atoms with van der Waals surface area (Å²) in [4.78, 5) is 23.5. The van der Waals surface area contributed by atoms with E-state index in [1.165, 1.54) is 36.8 Å². The molecule has 166 valence electrons. The van der Waals surface area contributed by atoms with Gasteiger partial charge in [0.1, 0.15) is 0 Å². The van der Waals surface area contributed by atoms with Crippen molar-refractivity contribution in [2.75, 3.05) is 11.6 Å². The molecule has 0 radical (unpaired) electrons. The van der Waals surface area contributed by atoms with Crippen LogP contribution in [-0.2, 0) is 13.1 Å². The summed E-state index contributed by atoms with van der Waals surface area (Å²) in [6, 6.07) is 17.3. The Balaban J connectivity index is 1.62. The van der Waals surface area contributed by atoms with E-state index in [0.717, 1.165) is 35.1 Å². The van der Waals surface area contributed by atoms with Gasteiger partial charge in [-0.15, -0.1) is 0 Å². The maximum absolute atomic E-state index is 13.8. The number of benzene rings is 2. The summed E-state index contributed by atoms with van der Waals surface area (Å²) >= 11 is 0. The van der Waals surface area contributed by atoms with Crippen LogP contribution in [0, 0.1) is 20.8 Å². The molecular formula is C27H32N4O. The molecule has 1 aliphatic heterocycles. The third-order valence-electron chi connectivity index (χ3n) is 7.04. The molecule has 5 rings (SSSR count). The van der Waals surface area contributed by atoms with E-state index >= 15 is 0 Å². The Morgan fingerprint density at radius 3 is 2.44 bits per heavy atom. The van der Waals surface area contributed by atoms with Crippen molar-refractivity contribution in [2.24, 2.45) is 0 Å². The van der Waals surface area contributed by atoms with E-state index in [-0.39, 0.29) is 5.56 Å². The van der Waals surface area contributed by atoms with Crippen LogP contribution in [0.4, 0.5) is 11.6 Å². The molecule has 3 aromatic rings. The molecular weight excluding hydrogens is 396 g/mol. The fraction of sp³-hybridized carbons (Fsp3) is 0.407. The minimum atomic E-state index is 0.0915. The van der Waals surface area contributed by atoms with E-state index in [2.05, 4.69) is 54.0 Å². The average Bonchev–Trinajstić information content (AvgIpc) is 3.32. The van der Waals surface area contributed by atoms with Crippen LogP contribution in [0.2, 0.25) is 0 Å². The highest BCUT2D eigenvalue weighted by Gasteiger charge is 2.33. The van der Waals surface area contributed by atoms with Crippen molar-refractivity contribution >= 4 is 11.6 Å². The summed E-state index contributed by atoms with van der Waals surface area (Å²) in [7, 11) is 0. The van der Waals surface area contributed by atoms with E-state index in [0.29, 0.717) is 19.1 Å². The van der Waals surface area contributed by atoms with Crippen molar-refractivity contribution in [3.63, 3.8) is 0 Å². The highest BCUT2D eigenvalue weighted by molar-refractivity contribution is 5.63. The molecule has 5 nitrogen and oxygen atoms in total. The largest absolute Gasteiger partial charge is 0.298 e. The Morgan fingerprint density at radius 1 is 0.969 bits per heavy atom. The molecule has 1 saturated carbocycles. The standard InChI is InChI=1S/C27H32N4O/c1-19-13-14-25(20(2)15-19)30-17-29(23-11-7-8-12-23)18-31-26(32)24(21(3)28-27(30)31)16-22-9-5-4-6-10-22/h4-6,9-10,13-15,23H,7-8,11-12,16-18H2,1-3H3. The molecule has 0 saturated heterocycles. The first-order valence-electron chi connectivity index (χ1n) is 11.7. The minimum Gasteiger partial charge on any atom is -0.298 e. The number of anilines is 2. The molecule has 0 bridgehead atoms. The molecule has 2 aliphatic rings. The zero-order chi connectivity index (χ0) is 22.2. The van der Waals surface area contributed by atoms with Gasteiger partial charge in [0.2, 0.25) is 5.95 Å². The number of nitrogens with zero attached hydrogens (tertiary/aromatic N) is 4. The van der Waals surface area contributed by atoms with Crippen LogP contribution < -0.4 is 10.5 Å². The summed E-state index contributed by atoms with van der Waals surface area (Å²) in [5.41, 5.74) is 6.46. The second kappa shape index (κ2) is 8.55. The summed E-state index contributed by atoms with van der Waals surface area (Å²) in [5, 5.41) is 0. The third-order valence-corrected chi connectivity index (χ3v) is 7.04. The number of rotatable bonds is 4. The van der Waals surface area contributed by atoms with Crippen LogP contribution >= 0.6 is 0 Å². The van der Waals surface area contributed by atoms with Crippen LogP contribution in [-0.4, -0.2) is 27.2 Å². The van der Waals surface area contributed by atoms with Gasteiger partial charge in [0.25, 0.3) is 5.56 Å². The van der Waals surface area contributed by atoms with Crippen molar-refractivity contribution in [1.29, 1.82) is 0 Å². The van der Waals surface area contributed by atoms with Gasteiger partial charge in [0.15, 0.2) is 0 Å². The second-order valence-electron chi connectivity index (χ2n) is 9.40. The van der Waals surface area contributed by atoms with E-state index in [1.807, 2.05) is 29.7 Å². The molecule has 32 heavy (non-hydrogen) atoms. The predicted octanol–water partition coefficient (Wildman–Crippen LogP) is 5.07. The summed E-state index contributed by atoms with van der Waals surface area (Å²) in [5.74, 6) is 0.769. The molecule has 2 aromatic carbocycles. The molecule has 2 heterocycles. The zero-order valence-corrected chi connectivity index (χ0v) is 19.3. The summed E-state index contributed by atoms with van der Waals surface area (Å²) < 4.78 is 1.91. The molecule has 0 atom stereocenters. The van der Waals surface area contributed by atoms with E-state index < -0.39 is 0 Å². The lowest BCUT2D eigenvalue weighted by Gasteiger charge is -2.41. The van der Waals surface area contributed by atoms with Crippen molar-refractivity contribution in [1.82, 2.24) is 14.5 Å². The van der Waals surface area contributed by atoms with Gasteiger partial charge < -0.3 is 0 Å². The lowest BCUT2D eigenvalue weighted by atomic mass is 10.0. The van der Waals surface area contributed by atoms with Gasteiger partial charge in [-0.25, -0.2) is 4.98 Å². The van der Waals surface area contributed by atoms with Crippen molar-refractivity contribution < 1.29 is 0 Å². The number of aromatic nitrogens is 2. The van der Waals surface area contributed by atoms with E-state index in [1.54, 1.807) is 0 Å². The fourth-order valence-electron chi connectivity index (χ4n) is 5.29. The number of fused-ring (bicyclic) bond motifs is 1. The van der Waals surface area contributed by atoms with Crippen molar-refractivity contribution in [3.8, 4) is 0 Å². The van der Waals surface area contributed by atoms with Gasteiger partial charge in [-0.1, -0.05) is 60.9 Å². The fourth-order valence-corrected chi connectivity index (χ4v) is 5.29. The van der Waals surface area contributed by atoms with Gasteiger partial charge in [-0.3, -0.25) is 19.2 Å². The van der Waals surface area contributed by atoms with Gasteiger partial charge in [0, 0.05) is 23.7 Å². The number of hydrogen-bond acceptors (Lipinski definition) is 4. The minimum absolute atomic E-state index is 0.0915. The first-order chi connectivity index (χ1) is 15.5. The normalized spacial score (nSPS) is 17.0. The first kappa shape index (κ1) is 21.0. The molecule has 0 amide bonds. The maximum atomic E-state index is 13.8. The van der Waals surface area contributed by atoms with Gasteiger partial charge in [-0.05, 0) is 50.8 Å². The van der Waals surface area contributed by atoms with E-state index in [4.69, 9.17) is 4.98 Å².